The van der Waals surface area contributed by atoms with E-state index in [4.69, 9.17) is 0 Å². The Hall–Kier alpha value is -2.93. The predicted molar refractivity (Wildman–Crippen MR) is 118 cm³/mol. The van der Waals surface area contributed by atoms with Crippen LogP contribution in [0.2, 0.25) is 0 Å². The lowest BCUT2D eigenvalue weighted by atomic mass is 9.89. The lowest BCUT2D eigenvalue weighted by molar-refractivity contribution is 1.29. The van der Waals surface area contributed by atoms with E-state index >= 15 is 0 Å². The molecule has 1 nitrogen and oxygen atoms in total. The second kappa shape index (κ2) is 11.6. The largest absolute Gasteiger partial charge is 0.264 e. The van der Waals surface area contributed by atoms with Gasteiger partial charge in [-0.15, -0.1) is 0 Å². The van der Waals surface area contributed by atoms with Crippen LogP contribution in [0, 0.1) is 0 Å². The van der Waals surface area contributed by atoms with Crippen LogP contribution in [0.15, 0.2) is 104 Å². The third kappa shape index (κ3) is 5.29. The topological polar surface area (TPSA) is 12.9 Å². The number of rotatable bonds is 8. The molecule has 1 heterocycles. The number of aromatic nitrogens is 1. The first-order valence-corrected chi connectivity index (χ1v) is 8.87. The molecule has 0 saturated carbocycles. The molecule has 134 valence electrons. The molecule has 1 aromatic rings. The van der Waals surface area contributed by atoms with E-state index in [0.717, 1.165) is 33.4 Å². The van der Waals surface area contributed by atoms with Crippen LogP contribution in [0.5, 0.6) is 0 Å². The van der Waals surface area contributed by atoms with E-state index < -0.39 is 0 Å². The van der Waals surface area contributed by atoms with Gasteiger partial charge in [0.1, 0.15) is 0 Å². The molecule has 0 aliphatic carbocycles. The lowest BCUT2D eigenvalue weighted by Crippen LogP contribution is -1.97. The van der Waals surface area contributed by atoms with Crippen molar-refractivity contribution < 1.29 is 0 Å². The Kier molecular flexibility index (Phi) is 9.42. The average molecular weight is 344 g/mol. The molecule has 0 amide bonds. The molecule has 1 aromatic heterocycles. The van der Waals surface area contributed by atoms with E-state index in [1.54, 1.807) is 6.08 Å². The molecule has 0 radical (unpaired) electrons. The summed E-state index contributed by atoms with van der Waals surface area (Å²) in [5.74, 6) is 0. The van der Waals surface area contributed by atoms with Crippen molar-refractivity contribution in [2.45, 2.75) is 27.7 Å². The summed E-state index contributed by atoms with van der Waals surface area (Å²) in [6, 6.07) is 2.05. The standard InChI is InChI=1S/C25H29N/c1-7-13-20(11-5)22(12-6)23(16-10-4)24-17-18-26-19-25(24)21(14-8-2)15-9-3/h7-19H,2,6H2,1,3-5H3/b13-7-,15-9-,16-10-,20-11?,21-14+,23-22-. The van der Waals surface area contributed by atoms with Gasteiger partial charge in [0, 0.05) is 18.0 Å². The van der Waals surface area contributed by atoms with E-state index in [9.17, 15) is 0 Å². The highest BCUT2D eigenvalue weighted by atomic mass is 14.6. The van der Waals surface area contributed by atoms with Crippen molar-refractivity contribution in [3.63, 3.8) is 0 Å². The Balaban J connectivity index is 3.88. The molecular weight excluding hydrogens is 314 g/mol. The van der Waals surface area contributed by atoms with Gasteiger partial charge in [-0.25, -0.2) is 0 Å². The van der Waals surface area contributed by atoms with Crippen LogP contribution in [-0.2, 0) is 0 Å². The highest BCUT2D eigenvalue weighted by Crippen LogP contribution is 2.32. The van der Waals surface area contributed by atoms with Crippen molar-refractivity contribution in [2.75, 3.05) is 0 Å². The first-order valence-electron chi connectivity index (χ1n) is 8.87. The molecule has 0 N–H and O–H groups in total. The maximum absolute atomic E-state index is 4.35. The van der Waals surface area contributed by atoms with Crippen LogP contribution >= 0.6 is 0 Å². The Bertz CT molecular complexity index is 808. The fourth-order valence-electron chi connectivity index (χ4n) is 2.80. The van der Waals surface area contributed by atoms with Crippen molar-refractivity contribution in [1.29, 1.82) is 0 Å². The van der Waals surface area contributed by atoms with E-state index in [1.165, 1.54) is 0 Å². The van der Waals surface area contributed by atoms with Gasteiger partial charge in [0.25, 0.3) is 0 Å². The summed E-state index contributed by atoms with van der Waals surface area (Å²) in [6.45, 7) is 16.0. The van der Waals surface area contributed by atoms with Crippen molar-refractivity contribution in [3.8, 4) is 0 Å². The van der Waals surface area contributed by atoms with Crippen LogP contribution in [0.4, 0.5) is 0 Å². The minimum atomic E-state index is 1.06. The van der Waals surface area contributed by atoms with Gasteiger partial charge in [-0.2, -0.15) is 0 Å². The average Bonchev–Trinajstić information content (AvgIpc) is 2.67. The van der Waals surface area contributed by atoms with Gasteiger partial charge in [0.05, 0.1) is 0 Å². The second-order valence-electron chi connectivity index (χ2n) is 5.55. The summed E-state index contributed by atoms with van der Waals surface area (Å²) >= 11 is 0. The van der Waals surface area contributed by atoms with Gasteiger partial charge in [-0.05, 0) is 61.6 Å². The Labute approximate surface area is 158 Å². The lowest BCUT2D eigenvalue weighted by Gasteiger charge is -2.15. The van der Waals surface area contributed by atoms with Crippen LogP contribution in [0.25, 0.3) is 11.1 Å². The zero-order valence-corrected chi connectivity index (χ0v) is 16.4. The van der Waals surface area contributed by atoms with Gasteiger partial charge in [-0.1, -0.05) is 73.9 Å². The molecule has 26 heavy (non-hydrogen) atoms. The van der Waals surface area contributed by atoms with Gasteiger partial charge in [0.15, 0.2) is 0 Å². The molecule has 0 atom stereocenters. The number of nitrogens with zero attached hydrogens (tertiary/aromatic N) is 1. The number of allylic oxidation sites excluding steroid dienone is 14. The minimum Gasteiger partial charge on any atom is -0.264 e. The molecule has 0 unspecified atom stereocenters. The highest BCUT2D eigenvalue weighted by Gasteiger charge is 2.13. The van der Waals surface area contributed by atoms with Crippen LogP contribution in [0.3, 0.4) is 0 Å². The second-order valence-corrected chi connectivity index (χ2v) is 5.55. The van der Waals surface area contributed by atoms with Crippen molar-refractivity contribution in [2.24, 2.45) is 0 Å². The molecule has 0 spiro atoms. The fraction of sp³-hybridized carbons (Fsp3) is 0.160. The van der Waals surface area contributed by atoms with Crippen LogP contribution in [-0.4, -0.2) is 4.98 Å². The van der Waals surface area contributed by atoms with Crippen molar-refractivity contribution >= 4 is 11.1 Å². The van der Waals surface area contributed by atoms with Gasteiger partial charge >= 0.3 is 0 Å². The first kappa shape index (κ1) is 21.1. The Morgan fingerprint density at radius 2 is 1.62 bits per heavy atom. The molecule has 1 heteroatoms. The molecule has 0 aliphatic rings. The fourth-order valence-corrected chi connectivity index (χ4v) is 2.80. The molecule has 1 rings (SSSR count). The Morgan fingerprint density at radius 3 is 2.15 bits per heavy atom. The van der Waals surface area contributed by atoms with E-state index in [0.29, 0.717) is 0 Å². The third-order valence-electron chi connectivity index (χ3n) is 3.86. The number of hydrogen-bond donors (Lipinski definition) is 0. The summed E-state index contributed by atoms with van der Waals surface area (Å²) < 4.78 is 0. The smallest absolute Gasteiger partial charge is 0.0352 e. The van der Waals surface area contributed by atoms with Crippen LogP contribution < -0.4 is 0 Å². The first-order chi connectivity index (χ1) is 12.7. The molecule has 0 aliphatic heterocycles. The third-order valence-corrected chi connectivity index (χ3v) is 3.86. The number of hydrogen-bond acceptors (Lipinski definition) is 1. The SMILES string of the molecule is C=C/C=C(\C=C/C)c1cnccc1C(/C=C\C)=C(/C=C)C(=CC)/C=C\C. The molecule has 0 bridgehead atoms. The van der Waals surface area contributed by atoms with E-state index in [-0.39, 0.29) is 0 Å². The molecule has 0 saturated heterocycles. The van der Waals surface area contributed by atoms with Gasteiger partial charge in [-0.3, -0.25) is 4.98 Å². The summed E-state index contributed by atoms with van der Waals surface area (Å²) in [5, 5.41) is 0. The molecular formula is C25H29N. The predicted octanol–water partition coefficient (Wildman–Crippen LogP) is 7.27. The Morgan fingerprint density at radius 1 is 0.923 bits per heavy atom. The maximum Gasteiger partial charge on any atom is 0.0352 e. The van der Waals surface area contributed by atoms with E-state index in [1.807, 2.05) is 64.4 Å². The normalized spacial score (nSPS) is 14.3. The highest BCUT2D eigenvalue weighted by molar-refractivity contribution is 5.90. The van der Waals surface area contributed by atoms with Gasteiger partial charge in [0.2, 0.25) is 0 Å². The minimum absolute atomic E-state index is 1.06. The number of pyridine rings is 1. The quantitative estimate of drug-likeness (QED) is 0.452. The summed E-state index contributed by atoms with van der Waals surface area (Å²) in [7, 11) is 0. The maximum atomic E-state index is 4.35. The summed E-state index contributed by atoms with van der Waals surface area (Å²) in [6.07, 6.45) is 24.0. The van der Waals surface area contributed by atoms with E-state index in [2.05, 4.69) is 54.6 Å². The zero-order valence-electron chi connectivity index (χ0n) is 16.4. The summed E-state index contributed by atoms with van der Waals surface area (Å²) in [5.41, 5.74) is 6.60. The van der Waals surface area contributed by atoms with Crippen molar-refractivity contribution in [3.05, 3.63) is 115 Å². The van der Waals surface area contributed by atoms with Crippen molar-refractivity contribution in [1.82, 2.24) is 4.98 Å². The van der Waals surface area contributed by atoms with Crippen LogP contribution in [0.1, 0.15) is 38.8 Å². The monoisotopic (exact) mass is 343 g/mol. The molecule has 0 aromatic carbocycles. The zero-order chi connectivity index (χ0) is 19.4. The molecule has 0 fully saturated rings. The summed E-state index contributed by atoms with van der Waals surface area (Å²) in [4.78, 5) is 4.35. The van der Waals surface area contributed by atoms with Gasteiger partial charge < -0.3 is 0 Å².